The van der Waals surface area contributed by atoms with Gasteiger partial charge in [-0.25, -0.2) is 4.98 Å². The van der Waals surface area contributed by atoms with E-state index >= 15 is 0 Å². The first-order chi connectivity index (χ1) is 8.54. The third kappa shape index (κ3) is 3.62. The third-order valence-corrected chi connectivity index (χ3v) is 3.32. The molecular weight excluding hydrogens is 252 g/mol. The van der Waals surface area contributed by atoms with Gasteiger partial charge >= 0.3 is 0 Å². The van der Waals surface area contributed by atoms with Gasteiger partial charge < -0.3 is 10.0 Å². The van der Waals surface area contributed by atoms with Crippen molar-refractivity contribution < 1.29 is 5.11 Å². The molecule has 1 aliphatic rings. The normalized spacial score (nSPS) is 24.9. The van der Waals surface area contributed by atoms with Crippen molar-refractivity contribution in [3.63, 3.8) is 0 Å². The Hall–Kier alpha value is -0.750. The minimum Gasteiger partial charge on any atom is -0.392 e. The average Bonchev–Trinajstić information content (AvgIpc) is 2.61. The smallest absolute Gasteiger partial charge is 0.147 e. The number of aromatic nitrogens is 2. The molecule has 0 aromatic carbocycles. The summed E-state index contributed by atoms with van der Waals surface area (Å²) in [7, 11) is 4.09. The van der Waals surface area contributed by atoms with Crippen molar-refractivity contribution in [1.82, 2.24) is 19.8 Å². The number of halogens is 1. The van der Waals surface area contributed by atoms with E-state index in [0.717, 1.165) is 18.7 Å². The maximum atomic E-state index is 9.79. The van der Waals surface area contributed by atoms with Crippen LogP contribution in [0.2, 0.25) is 5.15 Å². The largest absolute Gasteiger partial charge is 0.392 e. The maximum Gasteiger partial charge on any atom is 0.147 e. The van der Waals surface area contributed by atoms with E-state index in [1.54, 1.807) is 12.4 Å². The van der Waals surface area contributed by atoms with E-state index in [4.69, 9.17) is 11.6 Å². The first-order valence-corrected chi connectivity index (χ1v) is 6.45. The molecule has 1 saturated heterocycles. The van der Waals surface area contributed by atoms with Gasteiger partial charge in [-0.2, -0.15) is 0 Å². The van der Waals surface area contributed by atoms with Gasteiger partial charge in [0.15, 0.2) is 0 Å². The van der Waals surface area contributed by atoms with Gasteiger partial charge in [0.2, 0.25) is 0 Å². The molecule has 0 radical (unpaired) electrons. The molecular formula is C12H19ClN4O. The molecule has 5 nitrogen and oxygen atoms in total. The molecule has 2 heterocycles. The van der Waals surface area contributed by atoms with Crippen LogP contribution in [0.15, 0.2) is 12.4 Å². The van der Waals surface area contributed by atoms with E-state index in [0.29, 0.717) is 24.3 Å². The number of rotatable bonds is 4. The highest BCUT2D eigenvalue weighted by molar-refractivity contribution is 6.29. The molecule has 1 aromatic rings. The Bertz CT molecular complexity index is 384. The summed E-state index contributed by atoms with van der Waals surface area (Å²) in [6.07, 6.45) is 3.83. The highest BCUT2D eigenvalue weighted by atomic mass is 35.5. The van der Waals surface area contributed by atoms with Crippen LogP contribution in [-0.2, 0) is 6.54 Å². The highest BCUT2D eigenvalue weighted by Crippen LogP contribution is 2.20. The molecule has 0 spiro atoms. The van der Waals surface area contributed by atoms with Gasteiger partial charge in [0.1, 0.15) is 5.15 Å². The molecule has 2 unspecified atom stereocenters. The average molecular weight is 271 g/mol. The lowest BCUT2D eigenvalue weighted by Crippen LogP contribution is -2.37. The number of aliphatic hydroxyl groups is 1. The highest BCUT2D eigenvalue weighted by Gasteiger charge is 2.31. The van der Waals surface area contributed by atoms with Crippen molar-refractivity contribution in [3.8, 4) is 0 Å². The molecule has 0 saturated carbocycles. The summed E-state index contributed by atoms with van der Waals surface area (Å²) in [5.74, 6) is 0. The Morgan fingerprint density at radius 2 is 2.22 bits per heavy atom. The second-order valence-corrected chi connectivity index (χ2v) is 5.45. The van der Waals surface area contributed by atoms with Crippen LogP contribution in [0, 0.1) is 0 Å². The number of hydrogen-bond acceptors (Lipinski definition) is 5. The van der Waals surface area contributed by atoms with Crippen LogP contribution in [0.3, 0.4) is 0 Å². The van der Waals surface area contributed by atoms with E-state index in [1.165, 1.54) is 0 Å². The first-order valence-electron chi connectivity index (χ1n) is 6.08. The molecule has 18 heavy (non-hydrogen) atoms. The lowest BCUT2D eigenvalue weighted by Gasteiger charge is -2.26. The predicted octanol–water partition coefficient (Wildman–Crippen LogP) is 0.627. The van der Waals surface area contributed by atoms with Crippen molar-refractivity contribution in [2.45, 2.75) is 25.1 Å². The Kier molecular flexibility index (Phi) is 4.50. The molecule has 6 heteroatoms. The van der Waals surface area contributed by atoms with E-state index < -0.39 is 0 Å². The van der Waals surface area contributed by atoms with E-state index in [1.807, 2.05) is 14.1 Å². The molecule has 1 aliphatic heterocycles. The standard InChI is InChI=1S/C12H19ClN4O/c1-16(2)7-10-3-11(18)8-17(10)6-9-4-15-12(13)5-14-9/h4-5,10-11,18H,3,6-8H2,1-2H3. The monoisotopic (exact) mass is 270 g/mol. The molecule has 0 aliphatic carbocycles. The molecule has 0 bridgehead atoms. The quantitative estimate of drug-likeness (QED) is 0.870. The van der Waals surface area contributed by atoms with Crippen molar-refractivity contribution in [3.05, 3.63) is 23.2 Å². The van der Waals surface area contributed by atoms with Gasteiger partial charge in [0.25, 0.3) is 0 Å². The van der Waals surface area contributed by atoms with Gasteiger partial charge in [-0.1, -0.05) is 11.6 Å². The van der Waals surface area contributed by atoms with Gasteiger partial charge in [0, 0.05) is 25.7 Å². The summed E-state index contributed by atoms with van der Waals surface area (Å²) in [6, 6.07) is 0.368. The first kappa shape index (κ1) is 13.7. The van der Waals surface area contributed by atoms with Crippen LogP contribution in [-0.4, -0.2) is 64.2 Å². The zero-order chi connectivity index (χ0) is 13.1. The lowest BCUT2D eigenvalue weighted by atomic mass is 10.2. The number of likely N-dealkylation sites (tertiary alicyclic amines) is 1. The Labute approximate surface area is 112 Å². The fourth-order valence-electron chi connectivity index (χ4n) is 2.39. The Morgan fingerprint density at radius 3 is 2.83 bits per heavy atom. The van der Waals surface area contributed by atoms with Crippen LogP contribution in [0.1, 0.15) is 12.1 Å². The minimum absolute atomic E-state index is 0.241. The summed E-state index contributed by atoms with van der Waals surface area (Å²) in [5.41, 5.74) is 0.886. The number of hydrogen-bond donors (Lipinski definition) is 1. The second-order valence-electron chi connectivity index (χ2n) is 5.07. The lowest BCUT2D eigenvalue weighted by molar-refractivity contribution is 0.168. The van der Waals surface area contributed by atoms with E-state index in [2.05, 4.69) is 19.8 Å². The van der Waals surface area contributed by atoms with Crippen LogP contribution in [0.25, 0.3) is 0 Å². The fourth-order valence-corrected chi connectivity index (χ4v) is 2.49. The molecule has 1 aromatic heterocycles. The molecule has 2 rings (SSSR count). The summed E-state index contributed by atoms with van der Waals surface area (Å²) >= 11 is 5.72. The number of nitrogens with zero attached hydrogens (tertiary/aromatic N) is 4. The zero-order valence-corrected chi connectivity index (χ0v) is 11.5. The molecule has 0 amide bonds. The molecule has 2 atom stereocenters. The van der Waals surface area contributed by atoms with E-state index in [9.17, 15) is 5.11 Å². The summed E-state index contributed by atoms with van der Waals surface area (Å²) in [5, 5.41) is 10.2. The van der Waals surface area contributed by atoms with Crippen molar-refractivity contribution in [1.29, 1.82) is 0 Å². The molecule has 1 fully saturated rings. The van der Waals surface area contributed by atoms with Crippen LogP contribution in [0.4, 0.5) is 0 Å². The van der Waals surface area contributed by atoms with Gasteiger partial charge in [-0.05, 0) is 20.5 Å². The molecule has 1 N–H and O–H groups in total. The Morgan fingerprint density at radius 1 is 1.44 bits per heavy atom. The fraction of sp³-hybridized carbons (Fsp3) is 0.667. The van der Waals surface area contributed by atoms with Gasteiger partial charge in [-0.3, -0.25) is 9.88 Å². The minimum atomic E-state index is -0.241. The van der Waals surface area contributed by atoms with Crippen LogP contribution >= 0.6 is 11.6 Å². The van der Waals surface area contributed by atoms with Gasteiger partial charge in [-0.15, -0.1) is 0 Å². The van der Waals surface area contributed by atoms with Crippen LogP contribution in [0.5, 0.6) is 0 Å². The number of aliphatic hydroxyl groups excluding tert-OH is 1. The third-order valence-electron chi connectivity index (χ3n) is 3.12. The van der Waals surface area contributed by atoms with Crippen LogP contribution < -0.4 is 0 Å². The zero-order valence-electron chi connectivity index (χ0n) is 10.8. The topological polar surface area (TPSA) is 52.5 Å². The SMILES string of the molecule is CN(C)CC1CC(O)CN1Cc1cnc(Cl)cn1. The summed E-state index contributed by atoms with van der Waals surface area (Å²) < 4.78 is 0. The molecule has 100 valence electrons. The second kappa shape index (κ2) is 5.93. The Balaban J connectivity index is 2.00. The summed E-state index contributed by atoms with van der Waals surface area (Å²) in [4.78, 5) is 12.7. The maximum absolute atomic E-state index is 9.79. The number of β-amino-alcohol motifs (C(OH)–C–C–N with tert-alkyl or cyclic N) is 1. The number of likely N-dealkylation sites (N-methyl/N-ethyl adjacent to an activating group) is 1. The summed E-state index contributed by atoms with van der Waals surface area (Å²) in [6.45, 7) is 2.35. The van der Waals surface area contributed by atoms with E-state index in [-0.39, 0.29) is 6.10 Å². The van der Waals surface area contributed by atoms with Crippen molar-refractivity contribution >= 4 is 11.6 Å². The van der Waals surface area contributed by atoms with Gasteiger partial charge in [0.05, 0.1) is 24.2 Å². The van der Waals surface area contributed by atoms with Crippen molar-refractivity contribution in [2.75, 3.05) is 27.2 Å². The van der Waals surface area contributed by atoms with Crippen molar-refractivity contribution in [2.24, 2.45) is 0 Å². The predicted molar refractivity (Wildman–Crippen MR) is 70.4 cm³/mol.